The highest BCUT2D eigenvalue weighted by Gasteiger charge is 2.49. The number of sulfonamides is 1. The van der Waals surface area contributed by atoms with Crippen LogP contribution in [0.2, 0.25) is 5.02 Å². The number of anilines is 1. The number of ether oxygens (including phenoxy) is 1. The van der Waals surface area contributed by atoms with E-state index < -0.39 is 31.2 Å². The van der Waals surface area contributed by atoms with Gasteiger partial charge in [-0.1, -0.05) is 31.0 Å². The van der Waals surface area contributed by atoms with Gasteiger partial charge in [0, 0.05) is 67.1 Å². The molecule has 2 aromatic rings. The summed E-state index contributed by atoms with van der Waals surface area (Å²) in [5.41, 5.74) is 2.50. The number of amides is 1. The summed E-state index contributed by atoms with van der Waals surface area (Å²) in [6, 6.07) is 11.7. The van der Waals surface area contributed by atoms with Gasteiger partial charge in [-0.2, -0.15) is 4.31 Å². The minimum Gasteiger partial charge on any atom is -0.490 e. The molecule has 7 rings (SSSR count). The van der Waals surface area contributed by atoms with E-state index in [1.807, 2.05) is 32.0 Å². The van der Waals surface area contributed by atoms with Crippen LogP contribution in [0.5, 0.6) is 5.75 Å². The van der Waals surface area contributed by atoms with E-state index in [-0.39, 0.29) is 28.4 Å². The molecule has 1 unspecified atom stereocenters. The molecule has 5 aliphatic rings. The Morgan fingerprint density at radius 1 is 1.06 bits per heavy atom. The maximum absolute atomic E-state index is 14.0. The summed E-state index contributed by atoms with van der Waals surface area (Å²) < 4.78 is 49.5. The zero-order valence-corrected chi connectivity index (χ0v) is 33.2. The van der Waals surface area contributed by atoms with Crippen LogP contribution < -0.4 is 14.4 Å². The van der Waals surface area contributed by atoms with Crippen molar-refractivity contribution in [2.45, 2.75) is 81.5 Å². The minimum absolute atomic E-state index is 0.00155. The van der Waals surface area contributed by atoms with Crippen LogP contribution in [0.4, 0.5) is 5.69 Å². The highest BCUT2D eigenvalue weighted by atomic mass is 35.5. The molecule has 1 saturated heterocycles. The average molecular weight is 775 g/mol. The lowest BCUT2D eigenvalue weighted by molar-refractivity contribution is -0.108. The Hall–Kier alpha value is -2.35. The summed E-state index contributed by atoms with van der Waals surface area (Å²) in [6.45, 7) is 8.30. The van der Waals surface area contributed by atoms with Gasteiger partial charge in [0.05, 0.1) is 33.9 Å². The van der Waals surface area contributed by atoms with Gasteiger partial charge in [-0.3, -0.25) is 14.4 Å². The lowest BCUT2D eigenvalue weighted by atomic mass is 9.62. The molecular weight excluding hydrogens is 720 g/mol. The molecule has 0 aromatic heterocycles. The van der Waals surface area contributed by atoms with Crippen molar-refractivity contribution in [3.63, 3.8) is 0 Å². The van der Waals surface area contributed by atoms with Crippen molar-refractivity contribution in [3.05, 3.63) is 58.1 Å². The lowest BCUT2D eigenvalue weighted by Crippen LogP contribution is -2.59. The van der Waals surface area contributed by atoms with Gasteiger partial charge >= 0.3 is 0 Å². The summed E-state index contributed by atoms with van der Waals surface area (Å²) in [5.74, 6) is 4.58. The zero-order chi connectivity index (χ0) is 37.1. The van der Waals surface area contributed by atoms with Crippen LogP contribution in [-0.2, 0) is 31.6 Å². The number of carbonyl (C=O) groups excluding carboxylic acids is 1. The standard InChI is InChI=1S/C39H55ClN4O6S2/c1-27-7-5-16-39(46,25-42-17-19-44(20-18-42)52(4,48)49)34-12-9-31(34)23-43-24-38(15-6-8-29-21-32(40)11-13-33(29)38)26-50-36-14-10-30(22-35(36)43)37(45)41-51(3,47)28(27)2/h10-11,13-14,21-22,27-28,31,34,46H,3,5-9,12,15-20,23-26H2,1-2,4H3,(H,41,45,47)/t27-,28+,31-,34+,38-,39-,51?/m0/s1. The summed E-state index contributed by atoms with van der Waals surface area (Å²) in [6.07, 6.45) is 8.15. The number of β-amino-alcohol motifs (C(OH)–C–C–N with tert-alkyl or cyclic N) is 1. The Morgan fingerprint density at radius 2 is 1.83 bits per heavy atom. The van der Waals surface area contributed by atoms with E-state index in [2.05, 4.69) is 32.5 Å². The van der Waals surface area contributed by atoms with Gasteiger partial charge in [0.25, 0.3) is 5.91 Å². The van der Waals surface area contributed by atoms with Crippen molar-refractivity contribution in [2.24, 2.45) is 17.8 Å². The molecule has 2 bridgehead atoms. The van der Waals surface area contributed by atoms with Crippen LogP contribution in [0.25, 0.3) is 0 Å². The van der Waals surface area contributed by atoms with Crippen LogP contribution in [0, 0.1) is 17.8 Å². The van der Waals surface area contributed by atoms with Crippen LogP contribution in [0.15, 0.2) is 36.4 Å². The first-order chi connectivity index (χ1) is 24.6. The molecule has 10 nitrogen and oxygen atoms in total. The normalized spacial score (nSPS) is 35.0. The second-order valence-electron chi connectivity index (χ2n) is 16.5. The van der Waals surface area contributed by atoms with Crippen molar-refractivity contribution in [1.29, 1.82) is 0 Å². The number of hydrogen-bond acceptors (Lipinski definition) is 8. The van der Waals surface area contributed by atoms with Gasteiger partial charge in [0.15, 0.2) is 0 Å². The Labute approximate surface area is 315 Å². The second-order valence-corrected chi connectivity index (χ2v) is 21.3. The molecule has 2 aliphatic carbocycles. The monoisotopic (exact) mass is 774 g/mol. The smallest absolute Gasteiger partial charge is 0.262 e. The van der Waals surface area contributed by atoms with E-state index in [1.165, 1.54) is 21.7 Å². The number of nitrogens with zero attached hydrogens (tertiary/aromatic N) is 3. The van der Waals surface area contributed by atoms with Crippen molar-refractivity contribution in [1.82, 2.24) is 13.9 Å². The molecule has 2 aromatic carbocycles. The predicted molar refractivity (Wildman–Crippen MR) is 209 cm³/mol. The Kier molecular flexibility index (Phi) is 10.5. The third-order valence-electron chi connectivity index (χ3n) is 13.1. The van der Waals surface area contributed by atoms with Crippen LogP contribution in [0.1, 0.15) is 80.3 Å². The van der Waals surface area contributed by atoms with Crippen LogP contribution in [0.3, 0.4) is 0 Å². The van der Waals surface area contributed by atoms with E-state index in [4.69, 9.17) is 16.3 Å². The third-order valence-corrected chi connectivity index (χ3v) is 16.8. The van der Waals surface area contributed by atoms with Gasteiger partial charge in [-0.05, 0) is 117 Å². The molecule has 3 aliphatic heterocycles. The van der Waals surface area contributed by atoms with Gasteiger partial charge in [0.1, 0.15) is 5.75 Å². The Bertz CT molecular complexity index is 1900. The number of benzene rings is 2. The molecule has 1 spiro atoms. The molecule has 1 amide bonds. The van der Waals surface area contributed by atoms with Crippen molar-refractivity contribution < 1.29 is 27.3 Å². The predicted octanol–water partition coefficient (Wildman–Crippen LogP) is 4.72. The largest absolute Gasteiger partial charge is 0.490 e. The van der Waals surface area contributed by atoms with Gasteiger partial charge in [-0.25, -0.2) is 12.6 Å². The van der Waals surface area contributed by atoms with Gasteiger partial charge in [0.2, 0.25) is 10.0 Å². The number of nitrogens with one attached hydrogen (secondary N) is 1. The minimum atomic E-state index is -3.27. The zero-order valence-electron chi connectivity index (χ0n) is 30.8. The van der Waals surface area contributed by atoms with Crippen LogP contribution >= 0.6 is 11.6 Å². The van der Waals surface area contributed by atoms with E-state index in [9.17, 15) is 22.5 Å². The molecule has 1 saturated carbocycles. The Balaban J connectivity index is 1.26. The quantitative estimate of drug-likeness (QED) is 0.431. The highest BCUT2D eigenvalue weighted by molar-refractivity contribution is 7.99. The first-order valence-corrected chi connectivity index (χ1v) is 23.0. The molecule has 2 fully saturated rings. The lowest BCUT2D eigenvalue weighted by Gasteiger charge is -2.52. The first-order valence-electron chi connectivity index (χ1n) is 19.0. The number of fused-ring (bicyclic) bond motifs is 4. The third kappa shape index (κ3) is 7.49. The summed E-state index contributed by atoms with van der Waals surface area (Å²) in [7, 11) is -6.26. The topological polar surface area (TPSA) is 119 Å². The van der Waals surface area contributed by atoms with E-state index in [1.54, 1.807) is 6.07 Å². The summed E-state index contributed by atoms with van der Waals surface area (Å²) in [5, 5.41) is 13.2. The van der Waals surface area contributed by atoms with Crippen molar-refractivity contribution in [3.8, 4) is 5.75 Å². The number of hydrogen-bond donors (Lipinski definition) is 2. The molecular formula is C39H55ClN4O6S2. The number of aryl methyl sites for hydroxylation is 1. The fraction of sp³-hybridized carbons (Fsp3) is 0.641. The molecule has 13 heteroatoms. The van der Waals surface area contributed by atoms with E-state index in [0.29, 0.717) is 70.2 Å². The number of halogens is 1. The maximum atomic E-state index is 14.0. The SMILES string of the molecule is C=S1(=O)NC(=O)c2ccc3c(c2)N(C[C@@H]2CC[C@H]2[C@@](O)(CN2CCN(S(C)(=O)=O)CC2)CCC[C@H](C)[C@H]1C)C[C@@]1(CCCc2cc(Cl)ccc21)CO3. The Morgan fingerprint density at radius 3 is 2.54 bits per heavy atom. The second kappa shape index (κ2) is 14.4. The highest BCUT2D eigenvalue weighted by Crippen LogP contribution is 2.49. The molecule has 7 atom stereocenters. The fourth-order valence-corrected chi connectivity index (χ4v) is 12.2. The summed E-state index contributed by atoms with van der Waals surface area (Å²) >= 11 is 6.48. The van der Waals surface area contributed by atoms with Gasteiger partial charge in [-0.15, -0.1) is 0 Å². The first kappa shape index (κ1) is 37.9. The van der Waals surface area contributed by atoms with Gasteiger partial charge < -0.3 is 14.7 Å². The summed E-state index contributed by atoms with van der Waals surface area (Å²) in [4.78, 5) is 18.4. The molecule has 0 radical (unpaired) electrons. The number of carbonyl (C=O) groups is 1. The number of rotatable bonds is 3. The van der Waals surface area contributed by atoms with E-state index in [0.717, 1.165) is 55.7 Å². The molecule has 3 heterocycles. The van der Waals surface area contributed by atoms with Crippen molar-refractivity contribution >= 4 is 48.8 Å². The van der Waals surface area contributed by atoms with Crippen molar-refractivity contribution in [2.75, 3.05) is 63.6 Å². The molecule has 2 N–H and O–H groups in total. The van der Waals surface area contributed by atoms with E-state index >= 15 is 0 Å². The molecule has 286 valence electrons. The van der Waals surface area contributed by atoms with Crippen LogP contribution in [-0.4, -0.2) is 108 Å². The average Bonchev–Trinajstić information content (AvgIpc) is 3.22. The number of piperazine rings is 1. The fourth-order valence-electron chi connectivity index (χ4n) is 9.67. The number of aliphatic hydroxyl groups is 1. The maximum Gasteiger partial charge on any atom is 0.262 e. The molecule has 52 heavy (non-hydrogen) atoms.